The number of hydrogen-bond donors (Lipinski definition) is 0. The van der Waals surface area contributed by atoms with Crippen LogP contribution in [-0.2, 0) is 9.47 Å². The van der Waals surface area contributed by atoms with E-state index in [1.54, 1.807) is 12.3 Å². The monoisotopic (exact) mass is 113 g/mol. The van der Waals surface area contributed by atoms with Crippen molar-refractivity contribution >= 4 is 0 Å². The lowest BCUT2D eigenvalue weighted by molar-refractivity contribution is 0.212. The van der Waals surface area contributed by atoms with Crippen LogP contribution in [-0.4, -0.2) is 19.3 Å². The van der Waals surface area contributed by atoms with Gasteiger partial charge < -0.3 is 9.47 Å². The molecule has 0 aliphatic carbocycles. The van der Waals surface area contributed by atoms with Crippen molar-refractivity contribution in [1.82, 2.24) is 0 Å². The van der Waals surface area contributed by atoms with E-state index in [0.717, 1.165) is 6.61 Å². The minimum Gasteiger partial charge on any atom is -0.499 e. The first kappa shape index (κ1) is 5.63. The molecule has 0 amide bonds. The predicted octanol–water partition coefficient (Wildman–Crippen LogP) is 0.750. The standard InChI is InChI=1S/C6H9O2/c1-2-3-7-4-6-5-8-6/h2-3,6H,1,4-5H2/b3-2+. The Kier molecular flexibility index (Phi) is 1.92. The maximum atomic E-state index is 4.94. The normalized spacial score (nSPS) is 26.4. The fourth-order valence-corrected chi connectivity index (χ4v) is 0.395. The molecule has 0 aromatic heterocycles. The van der Waals surface area contributed by atoms with E-state index in [1.807, 2.05) is 0 Å². The van der Waals surface area contributed by atoms with Gasteiger partial charge in [-0.2, -0.15) is 0 Å². The van der Waals surface area contributed by atoms with Crippen LogP contribution in [0.15, 0.2) is 12.3 Å². The lowest BCUT2D eigenvalue weighted by Crippen LogP contribution is -1.94. The zero-order valence-corrected chi connectivity index (χ0v) is 4.67. The first-order valence-corrected chi connectivity index (χ1v) is 2.61. The molecule has 0 N–H and O–H groups in total. The van der Waals surface area contributed by atoms with Crippen LogP contribution in [0.2, 0.25) is 0 Å². The van der Waals surface area contributed by atoms with Crippen LogP contribution < -0.4 is 0 Å². The molecule has 1 saturated heterocycles. The Bertz CT molecular complexity index is 84.5. The number of rotatable bonds is 3. The minimum absolute atomic E-state index is 0.353. The summed E-state index contributed by atoms with van der Waals surface area (Å²) < 4.78 is 9.81. The van der Waals surface area contributed by atoms with Gasteiger partial charge in [0.2, 0.25) is 0 Å². The van der Waals surface area contributed by atoms with Crippen LogP contribution >= 0.6 is 0 Å². The fraction of sp³-hybridized carbons (Fsp3) is 0.500. The summed E-state index contributed by atoms with van der Waals surface area (Å²) >= 11 is 0. The lowest BCUT2D eigenvalue weighted by atomic mass is 10.5. The van der Waals surface area contributed by atoms with Gasteiger partial charge in [0.1, 0.15) is 12.7 Å². The Morgan fingerprint density at radius 2 is 2.62 bits per heavy atom. The van der Waals surface area contributed by atoms with Gasteiger partial charge in [-0.1, -0.05) is 0 Å². The van der Waals surface area contributed by atoms with E-state index in [-0.39, 0.29) is 0 Å². The molecule has 0 aromatic carbocycles. The second-order valence-corrected chi connectivity index (χ2v) is 1.66. The van der Waals surface area contributed by atoms with Crippen LogP contribution in [0.25, 0.3) is 0 Å². The van der Waals surface area contributed by atoms with Crippen LogP contribution in [0.5, 0.6) is 0 Å². The lowest BCUT2D eigenvalue weighted by Gasteiger charge is -1.91. The summed E-state index contributed by atoms with van der Waals surface area (Å²) in [7, 11) is 0. The summed E-state index contributed by atoms with van der Waals surface area (Å²) in [6, 6.07) is 0. The molecular formula is C6H9O2. The van der Waals surface area contributed by atoms with E-state index < -0.39 is 0 Å². The van der Waals surface area contributed by atoms with Crippen molar-refractivity contribution in [3.05, 3.63) is 19.3 Å². The summed E-state index contributed by atoms with van der Waals surface area (Å²) in [5.41, 5.74) is 0. The third-order valence-electron chi connectivity index (χ3n) is 0.877. The molecule has 0 spiro atoms. The van der Waals surface area contributed by atoms with Gasteiger partial charge >= 0.3 is 0 Å². The molecule has 1 rings (SSSR count). The van der Waals surface area contributed by atoms with Crippen molar-refractivity contribution < 1.29 is 9.47 Å². The number of allylic oxidation sites excluding steroid dienone is 1. The Labute approximate surface area is 49.1 Å². The van der Waals surface area contributed by atoms with E-state index >= 15 is 0 Å². The number of hydrogen-bond acceptors (Lipinski definition) is 2. The molecule has 0 aromatic rings. The van der Waals surface area contributed by atoms with Crippen LogP contribution in [0.3, 0.4) is 0 Å². The van der Waals surface area contributed by atoms with Crippen LogP contribution in [0.1, 0.15) is 0 Å². The second kappa shape index (κ2) is 2.72. The molecular weight excluding hydrogens is 104 g/mol. The second-order valence-electron chi connectivity index (χ2n) is 1.66. The van der Waals surface area contributed by atoms with Crippen molar-refractivity contribution in [2.45, 2.75) is 6.10 Å². The first-order chi connectivity index (χ1) is 3.93. The van der Waals surface area contributed by atoms with Crippen molar-refractivity contribution in [3.63, 3.8) is 0 Å². The molecule has 2 heteroatoms. The van der Waals surface area contributed by atoms with Gasteiger partial charge in [0.15, 0.2) is 0 Å². The summed E-state index contributed by atoms with van der Waals surface area (Å²) in [6.07, 6.45) is 3.54. The zero-order chi connectivity index (χ0) is 5.82. The molecule has 2 nitrogen and oxygen atoms in total. The minimum atomic E-state index is 0.353. The van der Waals surface area contributed by atoms with Crippen molar-refractivity contribution in [2.24, 2.45) is 0 Å². The summed E-state index contributed by atoms with van der Waals surface area (Å²) in [4.78, 5) is 0. The molecule has 1 fully saturated rings. The number of epoxide rings is 1. The Balaban J connectivity index is 1.88. The Morgan fingerprint density at radius 3 is 3.12 bits per heavy atom. The smallest absolute Gasteiger partial charge is 0.116 e. The van der Waals surface area contributed by atoms with E-state index in [9.17, 15) is 0 Å². The zero-order valence-electron chi connectivity index (χ0n) is 4.67. The van der Waals surface area contributed by atoms with Crippen molar-refractivity contribution in [2.75, 3.05) is 13.2 Å². The summed E-state index contributed by atoms with van der Waals surface area (Å²) in [5.74, 6) is 0. The quantitative estimate of drug-likeness (QED) is 0.398. The van der Waals surface area contributed by atoms with Crippen LogP contribution in [0, 0.1) is 6.92 Å². The molecule has 1 aliphatic heterocycles. The Morgan fingerprint density at radius 1 is 1.88 bits per heavy atom. The molecule has 1 aliphatic rings. The SMILES string of the molecule is [CH2]/C=C/OCC1CO1. The topological polar surface area (TPSA) is 21.8 Å². The highest BCUT2D eigenvalue weighted by atomic mass is 16.6. The van der Waals surface area contributed by atoms with Gasteiger partial charge in [0, 0.05) is 0 Å². The average molecular weight is 113 g/mol. The van der Waals surface area contributed by atoms with E-state index in [2.05, 4.69) is 6.92 Å². The summed E-state index contributed by atoms with van der Waals surface area (Å²) in [5, 5.41) is 0. The molecule has 1 atom stereocenters. The van der Waals surface area contributed by atoms with E-state index in [4.69, 9.17) is 9.47 Å². The van der Waals surface area contributed by atoms with Gasteiger partial charge in [-0.25, -0.2) is 0 Å². The predicted molar refractivity (Wildman–Crippen MR) is 30.2 cm³/mol. The maximum Gasteiger partial charge on any atom is 0.116 e. The Hall–Kier alpha value is -0.500. The molecule has 1 heterocycles. The third-order valence-corrected chi connectivity index (χ3v) is 0.877. The molecule has 0 bridgehead atoms. The van der Waals surface area contributed by atoms with Gasteiger partial charge in [-0.3, -0.25) is 0 Å². The largest absolute Gasteiger partial charge is 0.499 e. The van der Waals surface area contributed by atoms with E-state index in [0.29, 0.717) is 12.7 Å². The van der Waals surface area contributed by atoms with Crippen molar-refractivity contribution in [3.8, 4) is 0 Å². The first-order valence-electron chi connectivity index (χ1n) is 2.61. The highest BCUT2D eigenvalue weighted by molar-refractivity contribution is 4.77. The summed E-state index contributed by atoms with van der Waals surface area (Å²) in [6.45, 7) is 4.98. The van der Waals surface area contributed by atoms with Gasteiger partial charge in [0.05, 0.1) is 12.9 Å². The molecule has 45 valence electrons. The van der Waals surface area contributed by atoms with Gasteiger partial charge in [-0.05, 0) is 13.0 Å². The van der Waals surface area contributed by atoms with Gasteiger partial charge in [0.25, 0.3) is 0 Å². The van der Waals surface area contributed by atoms with Crippen LogP contribution in [0.4, 0.5) is 0 Å². The molecule has 1 radical (unpaired) electrons. The number of ether oxygens (including phenoxy) is 2. The van der Waals surface area contributed by atoms with Gasteiger partial charge in [-0.15, -0.1) is 0 Å². The molecule has 1 unspecified atom stereocenters. The van der Waals surface area contributed by atoms with Crippen molar-refractivity contribution in [1.29, 1.82) is 0 Å². The molecule has 8 heavy (non-hydrogen) atoms. The maximum absolute atomic E-state index is 4.94. The third kappa shape index (κ3) is 1.98. The highest BCUT2D eigenvalue weighted by Crippen LogP contribution is 2.08. The highest BCUT2D eigenvalue weighted by Gasteiger charge is 2.21. The van der Waals surface area contributed by atoms with E-state index in [1.165, 1.54) is 0 Å². The molecule has 0 saturated carbocycles. The fourth-order valence-electron chi connectivity index (χ4n) is 0.395. The average Bonchev–Trinajstić information content (AvgIpc) is 2.51.